The van der Waals surface area contributed by atoms with Crippen molar-refractivity contribution in [1.29, 1.82) is 0 Å². The first kappa shape index (κ1) is 13.8. The number of pyridine rings is 1. The van der Waals surface area contributed by atoms with Gasteiger partial charge in [0.25, 0.3) is 0 Å². The highest BCUT2D eigenvalue weighted by atomic mass is 16.1. The first-order chi connectivity index (χ1) is 10.0. The number of fused-ring (bicyclic) bond motifs is 1. The normalized spacial score (nSPS) is 22.5. The van der Waals surface area contributed by atoms with Crippen molar-refractivity contribution in [1.82, 2.24) is 10.3 Å². The number of para-hydroxylation sites is 1. The molecule has 5 nitrogen and oxygen atoms in total. The summed E-state index contributed by atoms with van der Waals surface area (Å²) in [4.78, 5) is 18.7. The molecular weight excluding hydrogens is 264 g/mol. The van der Waals surface area contributed by atoms with Gasteiger partial charge >= 0.3 is 0 Å². The molecule has 2 aromatic rings. The molecule has 1 aliphatic rings. The van der Waals surface area contributed by atoms with Gasteiger partial charge in [-0.2, -0.15) is 0 Å². The number of amides is 1. The lowest BCUT2D eigenvalue weighted by molar-refractivity contribution is 0.100. The van der Waals surface area contributed by atoms with Crippen molar-refractivity contribution in [2.24, 2.45) is 5.73 Å². The van der Waals surface area contributed by atoms with Gasteiger partial charge in [0, 0.05) is 30.6 Å². The van der Waals surface area contributed by atoms with Crippen LogP contribution < -0.4 is 16.0 Å². The third-order valence-electron chi connectivity index (χ3n) is 3.85. The molecule has 0 aliphatic carbocycles. The second kappa shape index (κ2) is 5.33. The summed E-state index contributed by atoms with van der Waals surface area (Å²) in [5.74, 6) is 0.411. The number of aromatic nitrogens is 1. The number of rotatable bonds is 2. The van der Waals surface area contributed by atoms with E-state index in [0.29, 0.717) is 17.6 Å². The summed E-state index contributed by atoms with van der Waals surface area (Å²) in [7, 11) is 0. The van der Waals surface area contributed by atoms with E-state index in [0.717, 1.165) is 29.8 Å². The summed E-state index contributed by atoms with van der Waals surface area (Å²) >= 11 is 0. The molecule has 1 saturated heterocycles. The van der Waals surface area contributed by atoms with Gasteiger partial charge in [-0.05, 0) is 26.0 Å². The zero-order valence-electron chi connectivity index (χ0n) is 12.3. The SMILES string of the molecule is CC1CN(c2cc(C(N)=O)c3ccccc3n2)CC(C)N1. The van der Waals surface area contributed by atoms with Crippen LogP contribution in [0.2, 0.25) is 0 Å². The monoisotopic (exact) mass is 284 g/mol. The Morgan fingerprint density at radius 1 is 1.29 bits per heavy atom. The zero-order chi connectivity index (χ0) is 15.0. The smallest absolute Gasteiger partial charge is 0.249 e. The minimum atomic E-state index is -0.411. The Labute approximate surface area is 124 Å². The number of carbonyl (C=O) groups excluding carboxylic acids is 1. The van der Waals surface area contributed by atoms with Crippen molar-refractivity contribution in [3.05, 3.63) is 35.9 Å². The Morgan fingerprint density at radius 3 is 2.62 bits per heavy atom. The van der Waals surface area contributed by atoms with E-state index in [4.69, 9.17) is 10.7 Å². The van der Waals surface area contributed by atoms with Crippen LogP contribution in [0, 0.1) is 0 Å². The Hall–Kier alpha value is -2.14. The van der Waals surface area contributed by atoms with Crippen molar-refractivity contribution in [2.45, 2.75) is 25.9 Å². The molecule has 110 valence electrons. The van der Waals surface area contributed by atoms with Gasteiger partial charge in [-0.15, -0.1) is 0 Å². The van der Waals surface area contributed by atoms with E-state index in [-0.39, 0.29) is 0 Å². The number of hydrogen-bond donors (Lipinski definition) is 2. The zero-order valence-corrected chi connectivity index (χ0v) is 12.3. The standard InChI is InChI=1S/C16H20N4O/c1-10-8-20(9-11(2)18-10)15-7-13(16(17)21)12-5-3-4-6-14(12)19-15/h3-7,10-11,18H,8-9H2,1-2H3,(H2,17,21). The number of piperazine rings is 1. The lowest BCUT2D eigenvalue weighted by Crippen LogP contribution is -2.54. The molecule has 1 aromatic carbocycles. The van der Waals surface area contributed by atoms with Crippen molar-refractivity contribution >= 4 is 22.6 Å². The number of benzene rings is 1. The molecule has 1 fully saturated rings. The fourth-order valence-electron chi connectivity index (χ4n) is 3.04. The molecule has 1 aliphatic heterocycles. The second-order valence-electron chi connectivity index (χ2n) is 5.78. The van der Waals surface area contributed by atoms with Crippen molar-refractivity contribution in [3.63, 3.8) is 0 Å². The van der Waals surface area contributed by atoms with Gasteiger partial charge in [-0.25, -0.2) is 4.98 Å². The molecule has 5 heteroatoms. The van der Waals surface area contributed by atoms with E-state index in [1.807, 2.05) is 30.3 Å². The first-order valence-electron chi connectivity index (χ1n) is 7.25. The van der Waals surface area contributed by atoms with Crippen LogP contribution in [-0.4, -0.2) is 36.1 Å². The molecule has 2 atom stereocenters. The van der Waals surface area contributed by atoms with Crippen LogP contribution in [0.5, 0.6) is 0 Å². The highest BCUT2D eigenvalue weighted by Crippen LogP contribution is 2.24. The average molecular weight is 284 g/mol. The van der Waals surface area contributed by atoms with Crippen LogP contribution in [0.15, 0.2) is 30.3 Å². The Kier molecular flexibility index (Phi) is 3.51. The fraction of sp³-hybridized carbons (Fsp3) is 0.375. The average Bonchev–Trinajstić information content (AvgIpc) is 2.45. The molecular formula is C16H20N4O. The minimum Gasteiger partial charge on any atom is -0.366 e. The van der Waals surface area contributed by atoms with Crippen LogP contribution in [0.3, 0.4) is 0 Å². The molecule has 3 N–H and O–H groups in total. The van der Waals surface area contributed by atoms with Crippen LogP contribution in [-0.2, 0) is 0 Å². The molecule has 3 rings (SSSR count). The van der Waals surface area contributed by atoms with Crippen LogP contribution >= 0.6 is 0 Å². The molecule has 1 amide bonds. The lowest BCUT2D eigenvalue weighted by Gasteiger charge is -2.37. The summed E-state index contributed by atoms with van der Waals surface area (Å²) in [6, 6.07) is 10.2. The molecule has 0 radical (unpaired) electrons. The van der Waals surface area contributed by atoms with E-state index in [1.165, 1.54) is 0 Å². The Bertz CT molecular complexity index is 675. The maximum atomic E-state index is 11.7. The predicted octanol–water partition coefficient (Wildman–Crippen LogP) is 1.52. The number of anilines is 1. The number of primary amides is 1. The number of nitrogens with two attached hydrogens (primary N) is 1. The van der Waals surface area contributed by atoms with Crippen molar-refractivity contribution in [2.75, 3.05) is 18.0 Å². The minimum absolute atomic E-state index is 0.388. The second-order valence-corrected chi connectivity index (χ2v) is 5.78. The summed E-state index contributed by atoms with van der Waals surface area (Å²) in [5.41, 5.74) is 6.88. The van der Waals surface area contributed by atoms with E-state index < -0.39 is 5.91 Å². The fourth-order valence-corrected chi connectivity index (χ4v) is 3.04. The van der Waals surface area contributed by atoms with Crippen LogP contribution in [0.1, 0.15) is 24.2 Å². The number of nitrogens with one attached hydrogen (secondary N) is 1. The molecule has 0 spiro atoms. The highest BCUT2D eigenvalue weighted by molar-refractivity contribution is 6.06. The van der Waals surface area contributed by atoms with Crippen molar-refractivity contribution < 1.29 is 4.79 Å². The Balaban J connectivity index is 2.08. The van der Waals surface area contributed by atoms with Gasteiger partial charge in [0.2, 0.25) is 5.91 Å². The van der Waals surface area contributed by atoms with Gasteiger partial charge in [-0.1, -0.05) is 18.2 Å². The van der Waals surface area contributed by atoms with Crippen molar-refractivity contribution in [3.8, 4) is 0 Å². The topological polar surface area (TPSA) is 71.2 Å². The first-order valence-corrected chi connectivity index (χ1v) is 7.25. The quantitative estimate of drug-likeness (QED) is 0.877. The van der Waals surface area contributed by atoms with Crippen LogP contribution in [0.4, 0.5) is 5.82 Å². The van der Waals surface area contributed by atoms with Gasteiger partial charge in [0.1, 0.15) is 5.82 Å². The molecule has 21 heavy (non-hydrogen) atoms. The van der Waals surface area contributed by atoms with E-state index >= 15 is 0 Å². The van der Waals surface area contributed by atoms with Crippen LogP contribution in [0.25, 0.3) is 10.9 Å². The highest BCUT2D eigenvalue weighted by Gasteiger charge is 2.23. The maximum Gasteiger partial charge on any atom is 0.249 e. The van der Waals surface area contributed by atoms with Gasteiger partial charge in [-0.3, -0.25) is 4.79 Å². The van der Waals surface area contributed by atoms with E-state index in [1.54, 1.807) is 0 Å². The number of hydrogen-bond acceptors (Lipinski definition) is 4. The molecule has 0 bridgehead atoms. The summed E-state index contributed by atoms with van der Waals surface area (Å²) in [6.45, 7) is 6.04. The largest absolute Gasteiger partial charge is 0.366 e. The lowest BCUT2D eigenvalue weighted by atomic mass is 10.1. The van der Waals surface area contributed by atoms with E-state index in [9.17, 15) is 4.79 Å². The predicted molar refractivity (Wildman–Crippen MR) is 84.5 cm³/mol. The molecule has 2 unspecified atom stereocenters. The third-order valence-corrected chi connectivity index (χ3v) is 3.85. The third kappa shape index (κ3) is 2.69. The summed E-state index contributed by atoms with van der Waals surface area (Å²) in [5, 5.41) is 4.30. The van der Waals surface area contributed by atoms with Gasteiger partial charge in [0.15, 0.2) is 0 Å². The van der Waals surface area contributed by atoms with Gasteiger partial charge in [0.05, 0.1) is 11.1 Å². The molecule has 0 saturated carbocycles. The maximum absolute atomic E-state index is 11.7. The Morgan fingerprint density at radius 2 is 1.95 bits per heavy atom. The molecule has 2 heterocycles. The summed E-state index contributed by atoms with van der Waals surface area (Å²) < 4.78 is 0. The number of carbonyl (C=O) groups is 1. The van der Waals surface area contributed by atoms with Gasteiger partial charge < -0.3 is 16.0 Å². The summed E-state index contributed by atoms with van der Waals surface area (Å²) in [6.07, 6.45) is 0. The molecule has 1 aromatic heterocycles. The van der Waals surface area contributed by atoms with E-state index in [2.05, 4.69) is 24.1 Å². The number of nitrogens with zero attached hydrogens (tertiary/aromatic N) is 2.